The maximum Gasteiger partial charge on any atom is 0.0643 e. The largest absolute Gasteiger partial charge is 0.378 e. The highest BCUT2D eigenvalue weighted by atomic mass is 16.5. The van der Waals surface area contributed by atoms with E-state index in [1.807, 2.05) is 0 Å². The summed E-state index contributed by atoms with van der Waals surface area (Å²) < 4.78 is 6.16. The second-order valence-corrected chi connectivity index (χ2v) is 6.82. The molecule has 0 bridgehead atoms. The van der Waals surface area contributed by atoms with Crippen molar-refractivity contribution in [1.82, 2.24) is 5.32 Å². The summed E-state index contributed by atoms with van der Waals surface area (Å²) in [6, 6.07) is 0.596. The van der Waals surface area contributed by atoms with Crippen LogP contribution in [0, 0.1) is 17.8 Å². The first kappa shape index (κ1) is 14.3. The van der Waals surface area contributed by atoms with Gasteiger partial charge in [-0.05, 0) is 43.4 Å². The van der Waals surface area contributed by atoms with E-state index in [2.05, 4.69) is 26.1 Å². The third-order valence-electron chi connectivity index (χ3n) is 4.81. The van der Waals surface area contributed by atoms with E-state index in [-0.39, 0.29) is 0 Å². The summed E-state index contributed by atoms with van der Waals surface area (Å²) in [7, 11) is 0. The normalized spacial score (nSPS) is 38.0. The van der Waals surface area contributed by atoms with Gasteiger partial charge < -0.3 is 10.1 Å². The van der Waals surface area contributed by atoms with Crippen molar-refractivity contribution in [3.8, 4) is 0 Å². The van der Waals surface area contributed by atoms with Gasteiger partial charge in [0.25, 0.3) is 0 Å². The molecule has 2 heteroatoms. The molecule has 2 nitrogen and oxygen atoms in total. The zero-order valence-corrected chi connectivity index (χ0v) is 12.5. The monoisotopic (exact) mass is 253 g/mol. The minimum absolute atomic E-state index is 0.539. The number of hydrogen-bond donors (Lipinski definition) is 1. The van der Waals surface area contributed by atoms with Crippen molar-refractivity contribution in [1.29, 1.82) is 0 Å². The predicted octanol–water partition coefficient (Wildman–Crippen LogP) is 3.61. The quantitative estimate of drug-likeness (QED) is 0.826. The summed E-state index contributed by atoms with van der Waals surface area (Å²) in [5.41, 5.74) is 0. The van der Waals surface area contributed by atoms with Crippen molar-refractivity contribution >= 4 is 0 Å². The van der Waals surface area contributed by atoms with Gasteiger partial charge in [0.15, 0.2) is 0 Å². The van der Waals surface area contributed by atoms with Crippen LogP contribution in [-0.2, 0) is 4.74 Å². The standard InChI is InChI=1S/C16H31NO/c1-12(2)17-11-15-5-4-10-18-16(15)14-8-6-13(3)7-9-14/h12-17H,4-11H2,1-3H3. The van der Waals surface area contributed by atoms with Crippen LogP contribution < -0.4 is 5.32 Å². The molecular weight excluding hydrogens is 222 g/mol. The molecule has 0 aromatic rings. The first-order valence-corrected chi connectivity index (χ1v) is 8.01. The van der Waals surface area contributed by atoms with Crippen molar-refractivity contribution in [2.75, 3.05) is 13.2 Å². The van der Waals surface area contributed by atoms with E-state index in [1.54, 1.807) is 0 Å². The molecule has 106 valence electrons. The lowest BCUT2D eigenvalue weighted by molar-refractivity contribution is -0.0706. The van der Waals surface area contributed by atoms with Crippen LogP contribution in [0.5, 0.6) is 0 Å². The Morgan fingerprint density at radius 1 is 1.11 bits per heavy atom. The molecule has 2 unspecified atom stereocenters. The molecule has 2 aliphatic rings. The van der Waals surface area contributed by atoms with Gasteiger partial charge in [0, 0.05) is 19.2 Å². The average molecular weight is 253 g/mol. The van der Waals surface area contributed by atoms with Crippen LogP contribution in [0.1, 0.15) is 59.3 Å². The molecular formula is C16H31NO. The Morgan fingerprint density at radius 2 is 1.83 bits per heavy atom. The van der Waals surface area contributed by atoms with Crippen LogP contribution in [0.25, 0.3) is 0 Å². The molecule has 1 N–H and O–H groups in total. The predicted molar refractivity (Wildman–Crippen MR) is 76.7 cm³/mol. The van der Waals surface area contributed by atoms with Crippen molar-refractivity contribution in [3.63, 3.8) is 0 Å². The molecule has 1 aliphatic carbocycles. The van der Waals surface area contributed by atoms with Gasteiger partial charge in [0.05, 0.1) is 6.10 Å². The highest BCUT2D eigenvalue weighted by Gasteiger charge is 2.34. The highest BCUT2D eigenvalue weighted by Crippen LogP contribution is 2.36. The molecule has 1 saturated carbocycles. The van der Waals surface area contributed by atoms with Gasteiger partial charge >= 0.3 is 0 Å². The summed E-state index contributed by atoms with van der Waals surface area (Å²) in [4.78, 5) is 0. The van der Waals surface area contributed by atoms with Gasteiger partial charge in [-0.3, -0.25) is 0 Å². The van der Waals surface area contributed by atoms with E-state index in [9.17, 15) is 0 Å². The third-order valence-corrected chi connectivity index (χ3v) is 4.81. The fraction of sp³-hybridized carbons (Fsp3) is 1.00. The minimum atomic E-state index is 0.539. The molecule has 0 spiro atoms. The summed E-state index contributed by atoms with van der Waals surface area (Å²) in [6.07, 6.45) is 8.76. The molecule has 0 amide bonds. The zero-order valence-electron chi connectivity index (χ0n) is 12.5. The van der Waals surface area contributed by atoms with Gasteiger partial charge in [-0.2, -0.15) is 0 Å². The fourth-order valence-corrected chi connectivity index (χ4v) is 3.61. The zero-order chi connectivity index (χ0) is 13.0. The fourth-order valence-electron chi connectivity index (χ4n) is 3.61. The SMILES string of the molecule is CC1CCC(C2OCCCC2CNC(C)C)CC1. The molecule has 2 atom stereocenters. The number of rotatable bonds is 4. The van der Waals surface area contributed by atoms with E-state index >= 15 is 0 Å². The van der Waals surface area contributed by atoms with E-state index in [0.717, 1.165) is 30.9 Å². The van der Waals surface area contributed by atoms with Gasteiger partial charge in [-0.15, -0.1) is 0 Å². The van der Waals surface area contributed by atoms with Crippen LogP contribution in [0.4, 0.5) is 0 Å². The van der Waals surface area contributed by atoms with E-state index in [1.165, 1.54) is 38.5 Å². The van der Waals surface area contributed by atoms with Crippen LogP contribution >= 0.6 is 0 Å². The van der Waals surface area contributed by atoms with E-state index in [4.69, 9.17) is 4.74 Å². The Kier molecular flexibility index (Phi) is 5.50. The number of ether oxygens (including phenoxy) is 1. The van der Waals surface area contributed by atoms with Gasteiger partial charge in [-0.25, -0.2) is 0 Å². The summed E-state index contributed by atoms with van der Waals surface area (Å²) in [5.74, 6) is 2.53. The Hall–Kier alpha value is -0.0800. The first-order valence-electron chi connectivity index (χ1n) is 8.01. The lowest BCUT2D eigenvalue weighted by Crippen LogP contribution is -2.43. The Labute approximate surface area is 113 Å². The van der Waals surface area contributed by atoms with Crippen molar-refractivity contribution in [3.05, 3.63) is 0 Å². The molecule has 2 fully saturated rings. The molecule has 0 aromatic heterocycles. The highest BCUT2D eigenvalue weighted by molar-refractivity contribution is 4.85. The smallest absolute Gasteiger partial charge is 0.0643 e. The Bertz CT molecular complexity index is 233. The Balaban J connectivity index is 1.86. The first-order chi connectivity index (χ1) is 8.66. The number of nitrogens with one attached hydrogen (secondary N) is 1. The Morgan fingerprint density at radius 3 is 2.50 bits per heavy atom. The second kappa shape index (κ2) is 6.91. The van der Waals surface area contributed by atoms with Crippen LogP contribution in [0.3, 0.4) is 0 Å². The summed E-state index contributed by atoms with van der Waals surface area (Å²) in [6.45, 7) is 9.01. The second-order valence-electron chi connectivity index (χ2n) is 6.82. The van der Waals surface area contributed by atoms with Crippen molar-refractivity contribution in [2.24, 2.45) is 17.8 Å². The van der Waals surface area contributed by atoms with Gasteiger partial charge in [0.1, 0.15) is 0 Å². The van der Waals surface area contributed by atoms with E-state index in [0.29, 0.717) is 12.1 Å². The topological polar surface area (TPSA) is 21.3 Å². The summed E-state index contributed by atoms with van der Waals surface area (Å²) >= 11 is 0. The molecule has 18 heavy (non-hydrogen) atoms. The molecule has 1 heterocycles. The molecule has 1 aliphatic heterocycles. The van der Waals surface area contributed by atoms with Crippen LogP contribution in [-0.4, -0.2) is 25.3 Å². The average Bonchev–Trinajstić information content (AvgIpc) is 2.38. The minimum Gasteiger partial charge on any atom is -0.378 e. The lowest BCUT2D eigenvalue weighted by Gasteiger charge is -2.40. The summed E-state index contributed by atoms with van der Waals surface area (Å²) in [5, 5.41) is 3.61. The van der Waals surface area contributed by atoms with Crippen molar-refractivity contribution < 1.29 is 4.74 Å². The maximum atomic E-state index is 6.16. The van der Waals surface area contributed by atoms with Gasteiger partial charge in [0.2, 0.25) is 0 Å². The van der Waals surface area contributed by atoms with Crippen LogP contribution in [0.2, 0.25) is 0 Å². The molecule has 2 rings (SSSR count). The third kappa shape index (κ3) is 3.96. The van der Waals surface area contributed by atoms with Crippen molar-refractivity contribution in [2.45, 2.75) is 71.4 Å². The van der Waals surface area contributed by atoms with E-state index < -0.39 is 0 Å². The van der Waals surface area contributed by atoms with Gasteiger partial charge in [-0.1, -0.05) is 33.6 Å². The lowest BCUT2D eigenvalue weighted by atomic mass is 9.75. The van der Waals surface area contributed by atoms with Crippen LogP contribution in [0.15, 0.2) is 0 Å². The molecule has 0 radical (unpaired) electrons. The molecule has 1 saturated heterocycles. The number of hydrogen-bond acceptors (Lipinski definition) is 2. The maximum absolute atomic E-state index is 6.16. The molecule has 0 aromatic carbocycles.